The zero-order valence-corrected chi connectivity index (χ0v) is 15.0. The highest BCUT2D eigenvalue weighted by atomic mass is 32.2. The van der Waals surface area contributed by atoms with Crippen molar-refractivity contribution in [2.45, 2.75) is 31.3 Å². The van der Waals surface area contributed by atoms with E-state index in [2.05, 4.69) is 4.98 Å². The van der Waals surface area contributed by atoms with E-state index >= 15 is 0 Å². The fraction of sp³-hybridized carbons (Fsp3) is 0.389. The van der Waals surface area contributed by atoms with Crippen LogP contribution in [0.25, 0.3) is 5.69 Å². The van der Waals surface area contributed by atoms with E-state index in [0.29, 0.717) is 10.8 Å². The second-order valence-electron chi connectivity index (χ2n) is 6.05. The number of aromatic nitrogens is 2. The Hall–Kier alpha value is -2.28. The molecule has 1 amide bonds. The van der Waals surface area contributed by atoms with Gasteiger partial charge in [-0.15, -0.1) is 0 Å². The monoisotopic (exact) mass is 359 g/mol. The van der Waals surface area contributed by atoms with Crippen molar-refractivity contribution in [2.24, 2.45) is 0 Å². The summed E-state index contributed by atoms with van der Waals surface area (Å²) in [6.07, 6.45) is 3.24. The maximum absolute atomic E-state index is 12.6. The summed E-state index contributed by atoms with van der Waals surface area (Å²) >= 11 is 1.18. The molecule has 0 aliphatic carbocycles. The minimum atomic E-state index is -0.327. The molecule has 3 rings (SSSR count). The van der Waals surface area contributed by atoms with Crippen molar-refractivity contribution < 1.29 is 9.90 Å². The largest absolute Gasteiger partial charge is 0.493 e. The van der Waals surface area contributed by atoms with Crippen LogP contribution >= 0.6 is 11.8 Å². The molecule has 1 aromatic heterocycles. The number of likely N-dealkylation sites (tertiary alicyclic amines) is 1. The molecule has 1 fully saturated rings. The summed E-state index contributed by atoms with van der Waals surface area (Å²) in [6, 6.07) is 9.13. The van der Waals surface area contributed by atoms with Crippen molar-refractivity contribution in [1.29, 1.82) is 0 Å². The van der Waals surface area contributed by atoms with Crippen molar-refractivity contribution in [3.8, 4) is 11.6 Å². The highest BCUT2D eigenvalue weighted by Crippen LogP contribution is 2.23. The average Bonchev–Trinajstić information content (AvgIpc) is 2.65. The second-order valence-corrected chi connectivity index (χ2v) is 6.99. The minimum Gasteiger partial charge on any atom is -0.493 e. The van der Waals surface area contributed by atoms with Crippen molar-refractivity contribution >= 4 is 17.7 Å². The Morgan fingerprint density at radius 3 is 2.56 bits per heavy atom. The molecule has 0 atom stereocenters. The normalized spacial score (nSPS) is 14.5. The van der Waals surface area contributed by atoms with E-state index in [1.807, 2.05) is 23.1 Å². The molecule has 132 valence electrons. The molecule has 1 N–H and O–H groups in total. The molecule has 0 saturated carbocycles. The van der Waals surface area contributed by atoms with Gasteiger partial charge in [0, 0.05) is 13.1 Å². The quantitative estimate of drug-likeness (QED) is 0.670. The van der Waals surface area contributed by atoms with Gasteiger partial charge in [-0.2, -0.15) is 4.98 Å². The van der Waals surface area contributed by atoms with Gasteiger partial charge in [0.2, 0.25) is 11.8 Å². The zero-order valence-electron chi connectivity index (χ0n) is 14.1. The molecular formula is C18H21N3O3S. The van der Waals surface area contributed by atoms with Crippen LogP contribution in [0.15, 0.2) is 40.3 Å². The topological polar surface area (TPSA) is 75.4 Å². The van der Waals surface area contributed by atoms with Gasteiger partial charge in [-0.1, -0.05) is 30.0 Å². The Morgan fingerprint density at radius 2 is 1.88 bits per heavy atom. The van der Waals surface area contributed by atoms with Gasteiger partial charge in [0.1, 0.15) is 0 Å². The number of rotatable bonds is 4. The van der Waals surface area contributed by atoms with E-state index in [1.165, 1.54) is 23.3 Å². The summed E-state index contributed by atoms with van der Waals surface area (Å²) in [6.45, 7) is 3.12. The van der Waals surface area contributed by atoms with Crippen molar-refractivity contribution in [3.63, 3.8) is 0 Å². The van der Waals surface area contributed by atoms with E-state index in [0.717, 1.165) is 32.4 Å². The molecule has 6 nitrogen and oxygen atoms in total. The Morgan fingerprint density at radius 1 is 1.20 bits per heavy atom. The summed E-state index contributed by atoms with van der Waals surface area (Å²) in [5.74, 6) is -0.0503. The van der Waals surface area contributed by atoms with Crippen LogP contribution < -0.4 is 5.56 Å². The number of hydrogen-bond donors (Lipinski definition) is 1. The first-order valence-electron chi connectivity index (χ1n) is 8.36. The van der Waals surface area contributed by atoms with Crippen LogP contribution in [0.3, 0.4) is 0 Å². The predicted molar refractivity (Wildman–Crippen MR) is 97.4 cm³/mol. The second kappa shape index (κ2) is 7.74. The first kappa shape index (κ1) is 17.5. The van der Waals surface area contributed by atoms with Crippen LogP contribution in [-0.4, -0.2) is 44.3 Å². The van der Waals surface area contributed by atoms with Gasteiger partial charge in [0.15, 0.2) is 5.16 Å². The fourth-order valence-electron chi connectivity index (χ4n) is 2.84. The average molecular weight is 359 g/mol. The van der Waals surface area contributed by atoms with E-state index in [-0.39, 0.29) is 28.7 Å². The number of nitrogens with zero attached hydrogens (tertiary/aromatic N) is 3. The summed E-state index contributed by atoms with van der Waals surface area (Å²) in [5, 5.41) is 10.3. The molecule has 1 saturated heterocycles. The number of piperidine rings is 1. The number of thioether (sulfide) groups is 1. The van der Waals surface area contributed by atoms with E-state index in [4.69, 9.17) is 0 Å². The molecule has 0 bridgehead atoms. The molecule has 7 heteroatoms. The van der Waals surface area contributed by atoms with Crippen LogP contribution in [-0.2, 0) is 4.79 Å². The number of aromatic hydroxyl groups is 1. The molecule has 1 aliphatic rings. The van der Waals surface area contributed by atoms with Gasteiger partial charge >= 0.3 is 0 Å². The minimum absolute atomic E-state index is 0.0404. The molecule has 25 heavy (non-hydrogen) atoms. The van der Waals surface area contributed by atoms with E-state index in [9.17, 15) is 14.7 Å². The number of carbonyl (C=O) groups is 1. The number of amides is 1. The third kappa shape index (κ3) is 3.87. The first-order chi connectivity index (χ1) is 12.1. The predicted octanol–water partition coefficient (Wildman–Crippen LogP) is 2.35. The summed E-state index contributed by atoms with van der Waals surface area (Å²) in [4.78, 5) is 31.0. The van der Waals surface area contributed by atoms with Gasteiger partial charge in [-0.3, -0.25) is 14.2 Å². The Bertz CT molecular complexity index is 814. The van der Waals surface area contributed by atoms with Crippen LogP contribution in [0.5, 0.6) is 5.88 Å². The number of para-hydroxylation sites is 1. The highest BCUT2D eigenvalue weighted by Gasteiger charge is 2.20. The summed E-state index contributed by atoms with van der Waals surface area (Å²) in [5.41, 5.74) is 0.526. The van der Waals surface area contributed by atoms with Crippen LogP contribution in [0.1, 0.15) is 24.8 Å². The SMILES string of the molecule is Cc1c(O)nc(SCC(=O)N2CCCCC2)n(-c2ccccc2)c1=O. The van der Waals surface area contributed by atoms with Crippen LogP contribution in [0.4, 0.5) is 0 Å². The molecule has 1 aliphatic heterocycles. The van der Waals surface area contributed by atoms with Gasteiger partial charge in [-0.25, -0.2) is 0 Å². The fourth-order valence-corrected chi connectivity index (χ4v) is 3.74. The van der Waals surface area contributed by atoms with E-state index in [1.54, 1.807) is 12.1 Å². The molecule has 0 unspecified atom stereocenters. The van der Waals surface area contributed by atoms with E-state index < -0.39 is 0 Å². The van der Waals surface area contributed by atoms with Gasteiger partial charge in [0.05, 0.1) is 17.0 Å². The molecule has 1 aromatic carbocycles. The lowest BCUT2D eigenvalue weighted by Gasteiger charge is -2.26. The van der Waals surface area contributed by atoms with Gasteiger partial charge in [0.25, 0.3) is 5.56 Å². The maximum atomic E-state index is 12.6. The smallest absolute Gasteiger partial charge is 0.265 e. The first-order valence-corrected chi connectivity index (χ1v) is 9.35. The highest BCUT2D eigenvalue weighted by molar-refractivity contribution is 7.99. The third-order valence-corrected chi connectivity index (χ3v) is 5.22. The van der Waals surface area contributed by atoms with Crippen molar-refractivity contribution in [2.75, 3.05) is 18.8 Å². The standard InChI is InChI=1S/C18H21N3O3S/c1-13-16(23)19-18(21(17(13)24)14-8-4-2-5-9-14)25-12-15(22)20-10-6-3-7-11-20/h2,4-5,8-9,23H,3,6-7,10-12H2,1H3. The molecule has 2 heterocycles. The summed E-state index contributed by atoms with van der Waals surface area (Å²) < 4.78 is 1.45. The molecule has 0 spiro atoms. The zero-order chi connectivity index (χ0) is 17.8. The third-order valence-electron chi connectivity index (χ3n) is 4.30. The number of hydrogen-bond acceptors (Lipinski definition) is 5. The molecule has 0 radical (unpaired) electrons. The molecular weight excluding hydrogens is 338 g/mol. The number of carbonyl (C=O) groups excluding carboxylic acids is 1. The lowest BCUT2D eigenvalue weighted by Crippen LogP contribution is -2.37. The lowest BCUT2D eigenvalue weighted by molar-refractivity contribution is -0.129. The summed E-state index contributed by atoms with van der Waals surface area (Å²) in [7, 11) is 0. The van der Waals surface area contributed by atoms with Gasteiger partial charge < -0.3 is 10.0 Å². The Kier molecular flexibility index (Phi) is 5.43. The van der Waals surface area contributed by atoms with Crippen molar-refractivity contribution in [1.82, 2.24) is 14.5 Å². The number of benzene rings is 1. The Labute approximate surface area is 150 Å². The van der Waals surface area contributed by atoms with Crippen LogP contribution in [0.2, 0.25) is 0 Å². The molecule has 2 aromatic rings. The Balaban J connectivity index is 1.87. The lowest BCUT2D eigenvalue weighted by atomic mass is 10.1. The maximum Gasteiger partial charge on any atom is 0.265 e. The van der Waals surface area contributed by atoms with Crippen LogP contribution in [0, 0.1) is 6.92 Å². The van der Waals surface area contributed by atoms with Crippen molar-refractivity contribution in [3.05, 3.63) is 46.2 Å². The van der Waals surface area contributed by atoms with Gasteiger partial charge in [-0.05, 0) is 38.3 Å².